The van der Waals surface area contributed by atoms with Crippen LogP contribution >= 0.6 is 0 Å². The fourth-order valence-corrected chi connectivity index (χ4v) is 3.12. The smallest absolute Gasteiger partial charge is 0.266 e. The molecule has 2 heterocycles. The van der Waals surface area contributed by atoms with E-state index in [0.29, 0.717) is 12.6 Å². The Kier molecular flexibility index (Phi) is 4.34. The first-order valence-electron chi connectivity index (χ1n) is 7.81. The van der Waals surface area contributed by atoms with Crippen molar-refractivity contribution < 1.29 is 4.79 Å². The van der Waals surface area contributed by atoms with Crippen LogP contribution in [-0.4, -0.2) is 54.3 Å². The van der Waals surface area contributed by atoms with E-state index in [0.717, 1.165) is 38.9 Å². The molecule has 0 unspecified atom stereocenters. The highest BCUT2D eigenvalue weighted by Gasteiger charge is 2.26. The van der Waals surface area contributed by atoms with E-state index < -0.39 is 0 Å². The molecule has 0 atom stereocenters. The molecule has 0 spiro atoms. The number of carbonyl (C=O) groups is 1. The molecule has 4 heteroatoms. The van der Waals surface area contributed by atoms with Gasteiger partial charge in [0.25, 0.3) is 5.91 Å². The van der Waals surface area contributed by atoms with Crippen molar-refractivity contribution in [2.45, 2.75) is 32.2 Å². The molecule has 0 radical (unpaired) electrons. The SMILES string of the molecule is Cc1ccc(CCN2CCC(N3C=NC(=O)C3)CC2)cc1. The summed E-state index contributed by atoms with van der Waals surface area (Å²) in [5.74, 6) is -0.00296. The summed E-state index contributed by atoms with van der Waals surface area (Å²) < 4.78 is 0. The summed E-state index contributed by atoms with van der Waals surface area (Å²) in [6, 6.07) is 9.33. The molecule has 1 fully saturated rings. The van der Waals surface area contributed by atoms with E-state index in [4.69, 9.17) is 0 Å². The summed E-state index contributed by atoms with van der Waals surface area (Å²) in [5.41, 5.74) is 2.74. The number of hydrogen-bond acceptors (Lipinski definition) is 3. The van der Waals surface area contributed by atoms with Gasteiger partial charge in [0.05, 0.1) is 6.34 Å². The van der Waals surface area contributed by atoms with Gasteiger partial charge in [-0.1, -0.05) is 29.8 Å². The quantitative estimate of drug-likeness (QED) is 0.847. The molecule has 4 nitrogen and oxygen atoms in total. The van der Waals surface area contributed by atoms with Crippen molar-refractivity contribution in [3.8, 4) is 0 Å². The van der Waals surface area contributed by atoms with Crippen molar-refractivity contribution in [1.29, 1.82) is 0 Å². The first kappa shape index (κ1) is 14.3. The third kappa shape index (κ3) is 3.70. The van der Waals surface area contributed by atoms with Gasteiger partial charge in [-0.2, -0.15) is 0 Å². The highest BCUT2D eigenvalue weighted by atomic mass is 16.2. The maximum absolute atomic E-state index is 11.2. The number of likely N-dealkylation sites (tertiary alicyclic amines) is 1. The summed E-state index contributed by atoms with van der Waals surface area (Å²) in [5, 5.41) is 0. The molecule has 21 heavy (non-hydrogen) atoms. The lowest BCUT2D eigenvalue weighted by Gasteiger charge is -2.35. The number of benzene rings is 1. The van der Waals surface area contributed by atoms with Gasteiger partial charge < -0.3 is 9.80 Å². The minimum atomic E-state index is -0.00296. The molecule has 0 aromatic heterocycles. The van der Waals surface area contributed by atoms with Crippen molar-refractivity contribution in [3.05, 3.63) is 35.4 Å². The molecule has 0 saturated carbocycles. The Bertz CT molecular complexity index is 515. The summed E-state index contributed by atoms with van der Waals surface area (Å²) in [4.78, 5) is 19.7. The van der Waals surface area contributed by atoms with Crippen LogP contribution in [0.5, 0.6) is 0 Å². The molecule has 0 bridgehead atoms. The zero-order valence-corrected chi connectivity index (χ0v) is 12.7. The molecule has 0 N–H and O–H groups in total. The Labute approximate surface area is 126 Å². The predicted molar refractivity (Wildman–Crippen MR) is 84.6 cm³/mol. The number of rotatable bonds is 4. The number of aliphatic imine (C=N–C) groups is 1. The number of aryl methyl sites for hydroxylation is 1. The first-order valence-corrected chi connectivity index (χ1v) is 7.81. The standard InChI is InChI=1S/C17H23N3O/c1-14-2-4-15(5-3-14)6-9-19-10-7-16(8-11-19)20-12-17(21)18-13-20/h2-5,13,16H,6-12H2,1H3. The number of nitrogens with zero attached hydrogens (tertiary/aromatic N) is 3. The van der Waals surface area contributed by atoms with Crippen LogP contribution in [0.15, 0.2) is 29.3 Å². The van der Waals surface area contributed by atoms with Gasteiger partial charge in [0.2, 0.25) is 0 Å². The summed E-state index contributed by atoms with van der Waals surface area (Å²) in [6.45, 7) is 5.97. The lowest BCUT2D eigenvalue weighted by Crippen LogP contribution is -2.44. The minimum Gasteiger partial charge on any atom is -0.350 e. The molecule has 1 aromatic rings. The molecular formula is C17H23N3O. The summed E-state index contributed by atoms with van der Waals surface area (Å²) in [6.07, 6.45) is 5.12. The number of piperidine rings is 1. The van der Waals surface area contributed by atoms with Crippen molar-refractivity contribution in [1.82, 2.24) is 9.80 Å². The fourth-order valence-electron chi connectivity index (χ4n) is 3.12. The van der Waals surface area contributed by atoms with Gasteiger partial charge in [-0.25, -0.2) is 4.99 Å². The second-order valence-electron chi connectivity index (χ2n) is 6.12. The van der Waals surface area contributed by atoms with Gasteiger partial charge >= 0.3 is 0 Å². The molecule has 0 aliphatic carbocycles. The minimum absolute atomic E-state index is 0.00296. The Morgan fingerprint density at radius 1 is 1.19 bits per heavy atom. The van der Waals surface area contributed by atoms with E-state index in [1.807, 2.05) is 0 Å². The van der Waals surface area contributed by atoms with Crippen LogP contribution in [0.25, 0.3) is 0 Å². The molecule has 1 saturated heterocycles. The van der Waals surface area contributed by atoms with Crippen molar-refractivity contribution in [3.63, 3.8) is 0 Å². The second kappa shape index (κ2) is 6.39. The molecule has 2 aliphatic rings. The van der Waals surface area contributed by atoms with Crippen molar-refractivity contribution in [2.75, 3.05) is 26.2 Å². The number of amides is 1. The van der Waals surface area contributed by atoms with Gasteiger partial charge in [0.15, 0.2) is 0 Å². The van der Waals surface area contributed by atoms with Gasteiger partial charge in [0.1, 0.15) is 6.54 Å². The van der Waals surface area contributed by atoms with Crippen LogP contribution in [0.2, 0.25) is 0 Å². The van der Waals surface area contributed by atoms with Gasteiger partial charge in [-0.3, -0.25) is 4.79 Å². The number of carbonyl (C=O) groups excluding carboxylic acids is 1. The third-order valence-corrected chi connectivity index (χ3v) is 4.53. The largest absolute Gasteiger partial charge is 0.350 e. The normalized spacial score (nSPS) is 20.4. The molecule has 2 aliphatic heterocycles. The highest BCUT2D eigenvalue weighted by molar-refractivity contribution is 5.92. The Hall–Kier alpha value is -1.68. The van der Waals surface area contributed by atoms with Crippen LogP contribution in [-0.2, 0) is 11.2 Å². The van der Waals surface area contributed by atoms with Crippen molar-refractivity contribution in [2.24, 2.45) is 4.99 Å². The monoisotopic (exact) mass is 285 g/mol. The summed E-state index contributed by atoms with van der Waals surface area (Å²) in [7, 11) is 0. The van der Waals surface area contributed by atoms with E-state index in [1.54, 1.807) is 6.34 Å². The van der Waals surface area contributed by atoms with E-state index >= 15 is 0 Å². The van der Waals surface area contributed by atoms with Gasteiger partial charge in [0, 0.05) is 25.7 Å². The number of hydrogen-bond donors (Lipinski definition) is 0. The van der Waals surface area contributed by atoms with Crippen LogP contribution in [0.4, 0.5) is 0 Å². The Morgan fingerprint density at radius 2 is 1.90 bits per heavy atom. The van der Waals surface area contributed by atoms with Crippen LogP contribution in [0, 0.1) is 6.92 Å². The van der Waals surface area contributed by atoms with E-state index in [1.165, 1.54) is 11.1 Å². The first-order chi connectivity index (χ1) is 10.2. The highest BCUT2D eigenvalue weighted by Crippen LogP contribution is 2.17. The van der Waals surface area contributed by atoms with Crippen LogP contribution < -0.4 is 0 Å². The molecule has 3 rings (SSSR count). The predicted octanol–water partition coefficient (Wildman–Crippen LogP) is 1.87. The molecule has 1 amide bonds. The lowest BCUT2D eigenvalue weighted by atomic mass is 10.0. The topological polar surface area (TPSA) is 35.9 Å². The molecular weight excluding hydrogens is 262 g/mol. The average Bonchev–Trinajstić information content (AvgIpc) is 2.94. The average molecular weight is 285 g/mol. The second-order valence-corrected chi connectivity index (χ2v) is 6.12. The zero-order valence-electron chi connectivity index (χ0n) is 12.7. The van der Waals surface area contributed by atoms with E-state index in [9.17, 15) is 4.79 Å². The van der Waals surface area contributed by atoms with Gasteiger partial charge in [-0.05, 0) is 31.7 Å². The maximum atomic E-state index is 11.2. The summed E-state index contributed by atoms with van der Waals surface area (Å²) >= 11 is 0. The van der Waals surface area contributed by atoms with Crippen LogP contribution in [0.1, 0.15) is 24.0 Å². The van der Waals surface area contributed by atoms with Crippen LogP contribution in [0.3, 0.4) is 0 Å². The third-order valence-electron chi connectivity index (χ3n) is 4.53. The van der Waals surface area contributed by atoms with E-state index in [-0.39, 0.29) is 5.91 Å². The van der Waals surface area contributed by atoms with E-state index in [2.05, 4.69) is 46.0 Å². The van der Waals surface area contributed by atoms with Crippen molar-refractivity contribution >= 4 is 12.2 Å². The molecule has 112 valence electrons. The maximum Gasteiger partial charge on any atom is 0.266 e. The van der Waals surface area contributed by atoms with Gasteiger partial charge in [-0.15, -0.1) is 0 Å². The zero-order chi connectivity index (χ0) is 14.7. The Morgan fingerprint density at radius 3 is 2.52 bits per heavy atom. The lowest BCUT2D eigenvalue weighted by molar-refractivity contribution is -0.117. The fraction of sp³-hybridized carbons (Fsp3) is 0.529. The molecule has 1 aromatic carbocycles. The Balaban J connectivity index is 1.42.